The fourth-order valence-electron chi connectivity index (χ4n) is 3.12. The van der Waals surface area contributed by atoms with Gasteiger partial charge in [-0.3, -0.25) is 0 Å². The topological polar surface area (TPSA) is 59.5 Å². The van der Waals surface area contributed by atoms with Gasteiger partial charge in [-0.25, -0.2) is 4.52 Å². The predicted octanol–water partition coefficient (Wildman–Crippen LogP) is 2.13. The average Bonchev–Trinajstić information content (AvgIpc) is 2.87. The Balaban J connectivity index is 1.89. The van der Waals surface area contributed by atoms with Crippen molar-refractivity contribution in [1.82, 2.24) is 14.6 Å². The van der Waals surface area contributed by atoms with Crippen LogP contribution in [0, 0.1) is 6.92 Å². The lowest BCUT2D eigenvalue weighted by atomic mass is 9.91. The van der Waals surface area contributed by atoms with Gasteiger partial charge in [0.25, 0.3) is 0 Å². The first-order valence-electron chi connectivity index (χ1n) is 7.53. The van der Waals surface area contributed by atoms with Gasteiger partial charge in [0.2, 0.25) is 5.95 Å². The summed E-state index contributed by atoms with van der Waals surface area (Å²) in [4.78, 5) is 7.02. The molecular formula is C15H23N5. The second-order valence-electron chi connectivity index (χ2n) is 5.70. The number of aromatic nitrogens is 3. The van der Waals surface area contributed by atoms with E-state index in [4.69, 9.17) is 5.73 Å². The molecule has 0 aromatic carbocycles. The minimum atomic E-state index is 0.376. The molecule has 1 aliphatic carbocycles. The van der Waals surface area contributed by atoms with Crippen LogP contribution in [0.2, 0.25) is 0 Å². The summed E-state index contributed by atoms with van der Waals surface area (Å²) >= 11 is 0. The third-order valence-corrected chi connectivity index (χ3v) is 4.32. The van der Waals surface area contributed by atoms with Gasteiger partial charge in [0.05, 0.1) is 0 Å². The molecule has 1 aliphatic rings. The molecule has 2 N–H and O–H groups in total. The van der Waals surface area contributed by atoms with E-state index in [2.05, 4.69) is 34.9 Å². The molecule has 0 spiro atoms. The number of nitrogens with zero attached hydrogens (tertiary/aromatic N) is 4. The Morgan fingerprint density at radius 3 is 2.70 bits per heavy atom. The predicted molar refractivity (Wildman–Crippen MR) is 81.0 cm³/mol. The van der Waals surface area contributed by atoms with Crippen LogP contribution >= 0.6 is 0 Å². The van der Waals surface area contributed by atoms with E-state index < -0.39 is 0 Å². The van der Waals surface area contributed by atoms with Gasteiger partial charge >= 0.3 is 0 Å². The molecule has 20 heavy (non-hydrogen) atoms. The van der Waals surface area contributed by atoms with E-state index in [1.807, 2.05) is 16.6 Å². The van der Waals surface area contributed by atoms with Crippen molar-refractivity contribution in [3.8, 4) is 0 Å². The van der Waals surface area contributed by atoms with Crippen LogP contribution in [0.5, 0.6) is 0 Å². The minimum Gasteiger partial charge on any atom is -0.337 e. The zero-order valence-corrected chi connectivity index (χ0v) is 12.3. The van der Waals surface area contributed by atoms with Gasteiger partial charge in [-0.2, -0.15) is 4.98 Å². The molecule has 0 aliphatic heterocycles. The van der Waals surface area contributed by atoms with Crippen LogP contribution in [0.1, 0.15) is 38.3 Å². The SMILES string of the molecule is CCN(c1nc2cccc(C)n2n1)C1CCC(N)CC1. The highest BCUT2D eigenvalue weighted by molar-refractivity contribution is 5.46. The molecule has 0 atom stereocenters. The summed E-state index contributed by atoms with van der Waals surface area (Å²) in [5.41, 5.74) is 8.04. The highest BCUT2D eigenvalue weighted by atomic mass is 15.4. The molecule has 0 radical (unpaired) electrons. The lowest BCUT2D eigenvalue weighted by Gasteiger charge is -2.34. The molecule has 1 saturated carbocycles. The Bertz CT molecular complexity index is 583. The summed E-state index contributed by atoms with van der Waals surface area (Å²) in [6, 6.07) is 6.99. The van der Waals surface area contributed by atoms with Gasteiger partial charge in [0.1, 0.15) is 0 Å². The van der Waals surface area contributed by atoms with Crippen LogP contribution < -0.4 is 10.6 Å². The van der Waals surface area contributed by atoms with Crippen molar-refractivity contribution < 1.29 is 0 Å². The maximum atomic E-state index is 6.00. The fraction of sp³-hybridized carbons (Fsp3) is 0.600. The molecule has 2 heterocycles. The minimum absolute atomic E-state index is 0.376. The molecular weight excluding hydrogens is 250 g/mol. The Labute approximate surface area is 119 Å². The number of hydrogen-bond donors (Lipinski definition) is 1. The Morgan fingerprint density at radius 1 is 1.30 bits per heavy atom. The molecule has 0 saturated heterocycles. The highest BCUT2D eigenvalue weighted by Gasteiger charge is 2.25. The zero-order valence-electron chi connectivity index (χ0n) is 12.3. The molecule has 2 aromatic heterocycles. The number of nitrogens with two attached hydrogens (primary N) is 1. The van der Waals surface area contributed by atoms with E-state index in [1.54, 1.807) is 0 Å². The summed E-state index contributed by atoms with van der Waals surface area (Å²) in [5.74, 6) is 0.849. The number of hydrogen-bond acceptors (Lipinski definition) is 4. The first-order chi connectivity index (χ1) is 9.69. The Morgan fingerprint density at radius 2 is 2.05 bits per heavy atom. The molecule has 3 rings (SSSR count). The first kappa shape index (κ1) is 13.4. The van der Waals surface area contributed by atoms with Crippen molar-refractivity contribution >= 4 is 11.6 Å². The lowest BCUT2D eigenvalue weighted by molar-refractivity contribution is 0.375. The molecule has 0 bridgehead atoms. The molecule has 0 unspecified atom stereocenters. The number of anilines is 1. The maximum absolute atomic E-state index is 6.00. The average molecular weight is 273 g/mol. The van der Waals surface area contributed by atoms with Gasteiger partial charge in [-0.05, 0) is 51.7 Å². The number of aryl methyl sites for hydroxylation is 1. The molecule has 5 nitrogen and oxygen atoms in total. The van der Waals surface area contributed by atoms with Crippen LogP contribution in [0.15, 0.2) is 18.2 Å². The van der Waals surface area contributed by atoms with Crippen LogP contribution in [-0.4, -0.2) is 33.2 Å². The van der Waals surface area contributed by atoms with E-state index in [0.29, 0.717) is 12.1 Å². The highest BCUT2D eigenvalue weighted by Crippen LogP contribution is 2.25. The molecule has 1 fully saturated rings. The van der Waals surface area contributed by atoms with E-state index in [9.17, 15) is 0 Å². The first-order valence-corrected chi connectivity index (χ1v) is 7.53. The third kappa shape index (κ3) is 2.38. The summed E-state index contributed by atoms with van der Waals surface area (Å²) in [6.07, 6.45) is 4.49. The lowest BCUT2D eigenvalue weighted by Crippen LogP contribution is -2.41. The Kier molecular flexibility index (Phi) is 3.61. The van der Waals surface area contributed by atoms with Crippen LogP contribution in [-0.2, 0) is 0 Å². The van der Waals surface area contributed by atoms with Crippen molar-refractivity contribution in [3.63, 3.8) is 0 Å². The van der Waals surface area contributed by atoms with Crippen LogP contribution in [0.25, 0.3) is 5.65 Å². The van der Waals surface area contributed by atoms with Crippen molar-refractivity contribution in [3.05, 3.63) is 23.9 Å². The molecule has 5 heteroatoms. The fourth-order valence-corrected chi connectivity index (χ4v) is 3.12. The quantitative estimate of drug-likeness (QED) is 0.930. The maximum Gasteiger partial charge on any atom is 0.245 e. The number of pyridine rings is 1. The summed E-state index contributed by atoms with van der Waals surface area (Å²) in [7, 11) is 0. The summed E-state index contributed by atoms with van der Waals surface area (Å²) < 4.78 is 1.92. The van der Waals surface area contributed by atoms with Gasteiger partial charge in [0.15, 0.2) is 5.65 Å². The van der Waals surface area contributed by atoms with E-state index in [-0.39, 0.29) is 0 Å². The third-order valence-electron chi connectivity index (χ3n) is 4.32. The molecule has 2 aromatic rings. The smallest absolute Gasteiger partial charge is 0.245 e. The van der Waals surface area contributed by atoms with Crippen LogP contribution in [0.4, 0.5) is 5.95 Å². The monoisotopic (exact) mass is 273 g/mol. The molecule has 108 valence electrons. The normalized spacial score (nSPS) is 23.1. The summed E-state index contributed by atoms with van der Waals surface area (Å²) in [6.45, 7) is 5.17. The van der Waals surface area contributed by atoms with Gasteiger partial charge in [0, 0.05) is 24.3 Å². The Hall–Kier alpha value is -1.62. The number of rotatable bonds is 3. The van der Waals surface area contributed by atoms with E-state index in [1.165, 1.54) is 0 Å². The largest absolute Gasteiger partial charge is 0.337 e. The van der Waals surface area contributed by atoms with Crippen molar-refractivity contribution in [1.29, 1.82) is 0 Å². The molecule has 0 amide bonds. The number of fused-ring (bicyclic) bond motifs is 1. The van der Waals surface area contributed by atoms with Gasteiger partial charge in [-0.15, -0.1) is 5.10 Å². The van der Waals surface area contributed by atoms with E-state index >= 15 is 0 Å². The van der Waals surface area contributed by atoms with E-state index in [0.717, 1.165) is 49.5 Å². The van der Waals surface area contributed by atoms with Gasteiger partial charge in [-0.1, -0.05) is 6.07 Å². The van der Waals surface area contributed by atoms with Crippen molar-refractivity contribution in [2.75, 3.05) is 11.4 Å². The van der Waals surface area contributed by atoms with Crippen molar-refractivity contribution in [2.45, 2.75) is 51.6 Å². The van der Waals surface area contributed by atoms with Crippen LogP contribution in [0.3, 0.4) is 0 Å². The van der Waals surface area contributed by atoms with Crippen molar-refractivity contribution in [2.24, 2.45) is 5.73 Å². The zero-order chi connectivity index (χ0) is 14.1. The van der Waals surface area contributed by atoms with Gasteiger partial charge < -0.3 is 10.6 Å². The standard InChI is InChI=1S/C15H23N5/c1-3-19(13-9-7-12(16)8-10-13)15-17-14-6-4-5-11(2)20(14)18-15/h4-6,12-13H,3,7-10,16H2,1-2H3. The summed E-state index contributed by atoms with van der Waals surface area (Å²) in [5, 5.41) is 4.68. The second kappa shape index (κ2) is 5.40. The second-order valence-corrected chi connectivity index (χ2v) is 5.70.